The average molecular weight is 300 g/mol. The smallest absolute Gasteiger partial charge is 0.209 e. The second-order valence-electron chi connectivity index (χ2n) is 5.99. The molecular weight excluding hydrogens is 276 g/mol. The van der Waals surface area contributed by atoms with Gasteiger partial charge in [0.1, 0.15) is 0 Å². The highest BCUT2D eigenvalue weighted by atomic mass is 16.4. The highest BCUT2D eigenvalue weighted by molar-refractivity contribution is 5.55. The highest BCUT2D eigenvalue weighted by Gasteiger charge is 2.28. The van der Waals surface area contributed by atoms with Crippen LogP contribution in [0.25, 0.3) is 11.3 Å². The maximum absolute atomic E-state index is 10.2. The SMILES string of the molecule is CCC(O)C1CCCCN1Cc1ncc(-c2ccccc2)o1. The Kier molecular flexibility index (Phi) is 4.90. The number of hydrogen-bond donors (Lipinski definition) is 1. The summed E-state index contributed by atoms with van der Waals surface area (Å²) in [5, 5.41) is 10.2. The molecule has 1 saturated heterocycles. The summed E-state index contributed by atoms with van der Waals surface area (Å²) in [4.78, 5) is 6.73. The monoisotopic (exact) mass is 300 g/mol. The Morgan fingerprint density at radius 2 is 2.14 bits per heavy atom. The van der Waals surface area contributed by atoms with Crippen molar-refractivity contribution in [2.75, 3.05) is 6.54 Å². The first kappa shape index (κ1) is 15.3. The van der Waals surface area contributed by atoms with Gasteiger partial charge in [0.15, 0.2) is 5.76 Å². The number of oxazole rings is 1. The normalized spacial score (nSPS) is 20.9. The molecule has 2 aromatic rings. The molecule has 1 aliphatic rings. The Labute approximate surface area is 131 Å². The van der Waals surface area contributed by atoms with Crippen molar-refractivity contribution in [1.82, 2.24) is 9.88 Å². The minimum atomic E-state index is -0.260. The number of rotatable bonds is 5. The fourth-order valence-corrected chi connectivity index (χ4v) is 3.21. The van der Waals surface area contributed by atoms with E-state index in [1.165, 1.54) is 12.8 Å². The van der Waals surface area contributed by atoms with Gasteiger partial charge in [-0.1, -0.05) is 43.7 Å². The van der Waals surface area contributed by atoms with E-state index in [0.29, 0.717) is 6.54 Å². The molecule has 2 atom stereocenters. The van der Waals surface area contributed by atoms with Crippen LogP contribution in [0.2, 0.25) is 0 Å². The Morgan fingerprint density at radius 3 is 2.91 bits per heavy atom. The zero-order chi connectivity index (χ0) is 15.4. The molecular formula is C18H24N2O2. The molecule has 1 N–H and O–H groups in total. The minimum absolute atomic E-state index is 0.228. The van der Waals surface area contributed by atoms with Crippen molar-refractivity contribution in [3.63, 3.8) is 0 Å². The molecule has 2 unspecified atom stereocenters. The van der Waals surface area contributed by atoms with Gasteiger partial charge >= 0.3 is 0 Å². The zero-order valence-electron chi connectivity index (χ0n) is 13.1. The molecule has 1 aromatic carbocycles. The van der Waals surface area contributed by atoms with Gasteiger partial charge in [-0.25, -0.2) is 4.98 Å². The van der Waals surface area contributed by atoms with Crippen LogP contribution in [0.3, 0.4) is 0 Å². The Balaban J connectivity index is 1.71. The summed E-state index contributed by atoms with van der Waals surface area (Å²) in [6.45, 7) is 3.72. The van der Waals surface area contributed by atoms with Gasteiger partial charge in [-0.3, -0.25) is 4.90 Å². The van der Waals surface area contributed by atoms with E-state index >= 15 is 0 Å². The quantitative estimate of drug-likeness (QED) is 0.918. The van der Waals surface area contributed by atoms with Crippen molar-refractivity contribution in [2.45, 2.75) is 51.3 Å². The number of likely N-dealkylation sites (tertiary alicyclic amines) is 1. The van der Waals surface area contributed by atoms with Crippen molar-refractivity contribution >= 4 is 0 Å². The zero-order valence-corrected chi connectivity index (χ0v) is 13.1. The van der Waals surface area contributed by atoms with Gasteiger partial charge in [0.05, 0.1) is 18.8 Å². The molecule has 0 saturated carbocycles. The Hall–Kier alpha value is -1.65. The molecule has 0 aliphatic carbocycles. The van der Waals surface area contributed by atoms with Gasteiger partial charge in [0.25, 0.3) is 0 Å². The van der Waals surface area contributed by atoms with E-state index in [-0.39, 0.29) is 12.1 Å². The molecule has 0 spiro atoms. The molecule has 1 aromatic heterocycles. The number of aliphatic hydroxyl groups is 1. The molecule has 3 rings (SSSR count). The second-order valence-corrected chi connectivity index (χ2v) is 5.99. The van der Waals surface area contributed by atoms with E-state index < -0.39 is 0 Å². The van der Waals surface area contributed by atoms with Crippen LogP contribution in [0.4, 0.5) is 0 Å². The summed E-state index contributed by atoms with van der Waals surface area (Å²) in [7, 11) is 0. The molecule has 0 radical (unpaired) electrons. The lowest BCUT2D eigenvalue weighted by Crippen LogP contribution is -2.46. The third-order valence-electron chi connectivity index (χ3n) is 4.48. The summed E-state index contributed by atoms with van der Waals surface area (Å²) in [6.07, 6.45) is 5.75. The lowest BCUT2D eigenvalue weighted by atomic mass is 9.96. The largest absolute Gasteiger partial charge is 0.439 e. The molecule has 0 amide bonds. The molecule has 0 bridgehead atoms. The van der Waals surface area contributed by atoms with Gasteiger partial charge in [0.2, 0.25) is 5.89 Å². The number of aliphatic hydroxyl groups excluding tert-OH is 1. The topological polar surface area (TPSA) is 49.5 Å². The van der Waals surface area contributed by atoms with Crippen molar-refractivity contribution < 1.29 is 9.52 Å². The average Bonchev–Trinajstić information content (AvgIpc) is 3.04. The number of piperidine rings is 1. The number of benzene rings is 1. The van der Waals surface area contributed by atoms with Crippen molar-refractivity contribution in [3.8, 4) is 11.3 Å². The molecule has 4 heteroatoms. The predicted molar refractivity (Wildman–Crippen MR) is 86.3 cm³/mol. The van der Waals surface area contributed by atoms with Gasteiger partial charge in [-0.05, 0) is 25.8 Å². The van der Waals surface area contributed by atoms with E-state index in [1.807, 2.05) is 37.3 Å². The van der Waals surface area contributed by atoms with Crippen LogP contribution >= 0.6 is 0 Å². The molecule has 4 nitrogen and oxygen atoms in total. The van der Waals surface area contributed by atoms with Crippen LogP contribution < -0.4 is 0 Å². The molecule has 1 fully saturated rings. The van der Waals surface area contributed by atoms with Crippen LogP contribution in [-0.4, -0.2) is 33.7 Å². The lowest BCUT2D eigenvalue weighted by molar-refractivity contribution is 0.0155. The van der Waals surface area contributed by atoms with Crippen LogP contribution in [0, 0.1) is 0 Å². The molecule has 1 aliphatic heterocycles. The Morgan fingerprint density at radius 1 is 1.32 bits per heavy atom. The predicted octanol–water partition coefficient (Wildman–Crippen LogP) is 3.47. The maximum Gasteiger partial charge on any atom is 0.209 e. The van der Waals surface area contributed by atoms with E-state index in [2.05, 4.69) is 9.88 Å². The van der Waals surface area contributed by atoms with Gasteiger partial charge in [-0.15, -0.1) is 0 Å². The van der Waals surface area contributed by atoms with E-state index in [0.717, 1.165) is 36.6 Å². The third kappa shape index (κ3) is 3.39. The number of aromatic nitrogens is 1. The van der Waals surface area contributed by atoms with Crippen molar-refractivity contribution in [2.24, 2.45) is 0 Å². The summed E-state index contributed by atoms with van der Waals surface area (Å²) < 4.78 is 5.90. The fourth-order valence-electron chi connectivity index (χ4n) is 3.21. The number of nitrogens with zero attached hydrogens (tertiary/aromatic N) is 2. The van der Waals surface area contributed by atoms with Crippen LogP contribution in [0.1, 0.15) is 38.5 Å². The summed E-state index contributed by atoms with van der Waals surface area (Å²) in [6, 6.07) is 10.3. The van der Waals surface area contributed by atoms with Crippen LogP contribution in [0.15, 0.2) is 40.9 Å². The fraction of sp³-hybridized carbons (Fsp3) is 0.500. The van der Waals surface area contributed by atoms with Crippen molar-refractivity contribution in [3.05, 3.63) is 42.4 Å². The summed E-state index contributed by atoms with van der Waals surface area (Å²) in [5.41, 5.74) is 1.05. The molecule has 22 heavy (non-hydrogen) atoms. The third-order valence-corrected chi connectivity index (χ3v) is 4.48. The number of hydrogen-bond acceptors (Lipinski definition) is 4. The standard InChI is InChI=1S/C18H24N2O2/c1-2-16(21)15-10-6-7-11-20(15)13-18-19-12-17(22-18)14-8-4-3-5-9-14/h3-5,8-9,12,15-16,21H,2,6-7,10-11,13H2,1H3. The first-order valence-corrected chi connectivity index (χ1v) is 8.20. The van der Waals surface area contributed by atoms with E-state index in [9.17, 15) is 5.11 Å². The molecule has 2 heterocycles. The highest BCUT2D eigenvalue weighted by Crippen LogP contribution is 2.25. The first-order chi connectivity index (χ1) is 10.8. The lowest BCUT2D eigenvalue weighted by Gasteiger charge is -2.37. The van der Waals surface area contributed by atoms with Gasteiger partial charge < -0.3 is 9.52 Å². The molecule has 118 valence electrons. The first-order valence-electron chi connectivity index (χ1n) is 8.20. The Bertz CT molecular complexity index is 582. The van der Waals surface area contributed by atoms with Gasteiger partial charge in [0, 0.05) is 11.6 Å². The second kappa shape index (κ2) is 7.07. The maximum atomic E-state index is 10.2. The summed E-state index contributed by atoms with van der Waals surface area (Å²) in [5.74, 6) is 1.54. The van der Waals surface area contributed by atoms with E-state index in [1.54, 1.807) is 6.20 Å². The van der Waals surface area contributed by atoms with Crippen LogP contribution in [-0.2, 0) is 6.54 Å². The van der Waals surface area contributed by atoms with E-state index in [4.69, 9.17) is 4.42 Å². The van der Waals surface area contributed by atoms with Gasteiger partial charge in [-0.2, -0.15) is 0 Å². The van der Waals surface area contributed by atoms with Crippen molar-refractivity contribution in [1.29, 1.82) is 0 Å². The summed E-state index contributed by atoms with van der Waals surface area (Å²) >= 11 is 0. The minimum Gasteiger partial charge on any atom is -0.439 e. The van der Waals surface area contributed by atoms with Crippen LogP contribution in [0.5, 0.6) is 0 Å².